The van der Waals surface area contributed by atoms with Crippen LogP contribution in [0.5, 0.6) is 11.5 Å². The van der Waals surface area contributed by atoms with E-state index in [1.807, 2.05) is 54.6 Å². The summed E-state index contributed by atoms with van der Waals surface area (Å²) in [6.45, 7) is 21.4. The molecule has 0 saturated heterocycles. The van der Waals surface area contributed by atoms with E-state index in [-0.39, 0.29) is 16.2 Å². The smallest absolute Gasteiger partial charge is 0.122 e. The zero-order valence-corrected chi connectivity index (χ0v) is 27.9. The van der Waals surface area contributed by atoms with Gasteiger partial charge in [0, 0.05) is 24.2 Å². The lowest BCUT2D eigenvalue weighted by Crippen LogP contribution is -2.17. The van der Waals surface area contributed by atoms with E-state index in [1.54, 1.807) is 0 Å². The van der Waals surface area contributed by atoms with Gasteiger partial charge in [-0.15, -0.1) is 0 Å². The number of phenols is 2. The number of rotatable bonds is 4. The normalized spacial score (nSPS) is 12.0. The SMILES string of the molecule is CC(C)(C)c1cc(Cc2ccccc2N)c(O)c(C(C)(C)C)c1.Cc1cc(Cc2ccccc2N)c(O)c(C(C)(C)C)c1. The first-order valence-electron chi connectivity index (χ1n) is 15.2. The van der Waals surface area contributed by atoms with Crippen molar-refractivity contribution in [2.75, 3.05) is 11.5 Å². The lowest BCUT2D eigenvalue weighted by atomic mass is 9.78. The van der Waals surface area contributed by atoms with Crippen LogP contribution in [-0.2, 0) is 29.1 Å². The zero-order chi connectivity index (χ0) is 32.3. The van der Waals surface area contributed by atoms with Crippen molar-refractivity contribution in [3.8, 4) is 11.5 Å². The van der Waals surface area contributed by atoms with Crippen molar-refractivity contribution in [3.05, 3.63) is 117 Å². The Morgan fingerprint density at radius 1 is 0.512 bits per heavy atom. The van der Waals surface area contributed by atoms with E-state index < -0.39 is 0 Å². The fourth-order valence-electron chi connectivity index (χ4n) is 5.20. The molecule has 6 N–H and O–H groups in total. The van der Waals surface area contributed by atoms with Gasteiger partial charge in [-0.05, 0) is 74.2 Å². The number of aromatic hydroxyl groups is 2. The maximum atomic E-state index is 10.8. The van der Waals surface area contributed by atoms with Crippen molar-refractivity contribution in [2.24, 2.45) is 0 Å². The third-order valence-corrected chi connectivity index (χ3v) is 7.88. The third-order valence-electron chi connectivity index (χ3n) is 7.88. The lowest BCUT2D eigenvalue weighted by Gasteiger charge is -2.27. The van der Waals surface area contributed by atoms with Gasteiger partial charge in [0.25, 0.3) is 0 Å². The summed E-state index contributed by atoms with van der Waals surface area (Å²) < 4.78 is 0. The van der Waals surface area contributed by atoms with E-state index in [9.17, 15) is 10.2 Å². The molecule has 0 bridgehead atoms. The van der Waals surface area contributed by atoms with E-state index >= 15 is 0 Å². The molecule has 4 heteroatoms. The van der Waals surface area contributed by atoms with Gasteiger partial charge >= 0.3 is 0 Å². The molecule has 0 aliphatic rings. The predicted octanol–water partition coefficient (Wildman–Crippen LogP) is 9.33. The molecule has 0 aliphatic heterocycles. The minimum atomic E-state index is -0.109. The van der Waals surface area contributed by atoms with Crippen molar-refractivity contribution in [1.29, 1.82) is 0 Å². The average molecular weight is 581 g/mol. The summed E-state index contributed by atoms with van der Waals surface area (Å²) in [4.78, 5) is 0. The van der Waals surface area contributed by atoms with Crippen molar-refractivity contribution in [1.82, 2.24) is 0 Å². The molecule has 0 amide bonds. The van der Waals surface area contributed by atoms with Crippen molar-refractivity contribution < 1.29 is 10.2 Å². The third kappa shape index (κ3) is 8.56. The molecule has 0 aromatic heterocycles. The maximum absolute atomic E-state index is 10.8. The number of para-hydroxylation sites is 2. The molecule has 0 unspecified atom stereocenters. The molecule has 4 nitrogen and oxygen atoms in total. The van der Waals surface area contributed by atoms with Crippen LogP contribution in [0, 0.1) is 6.92 Å². The molecule has 43 heavy (non-hydrogen) atoms. The highest BCUT2D eigenvalue weighted by atomic mass is 16.3. The monoisotopic (exact) mass is 580 g/mol. The van der Waals surface area contributed by atoms with Gasteiger partial charge in [0.15, 0.2) is 0 Å². The molecular weight excluding hydrogens is 528 g/mol. The number of benzene rings is 4. The standard InChI is InChI=1S/C21H29NO.C18H23NO/c1-20(2,3)16-12-15(11-14-9-7-8-10-18(14)22)19(23)17(13-16)21(4,5)6;1-12-9-14(11-13-7-5-6-8-16(13)19)17(20)15(10-12)18(2,3)4/h7-10,12-13,23H,11,22H2,1-6H3;5-10,20H,11,19H2,1-4H3. The van der Waals surface area contributed by atoms with Crippen LogP contribution in [0.2, 0.25) is 0 Å². The molecule has 4 aromatic rings. The van der Waals surface area contributed by atoms with Crippen LogP contribution < -0.4 is 11.5 Å². The van der Waals surface area contributed by atoms with Crippen LogP contribution in [-0.4, -0.2) is 10.2 Å². The Morgan fingerprint density at radius 3 is 1.30 bits per heavy atom. The number of nitrogen functional groups attached to an aromatic ring is 2. The van der Waals surface area contributed by atoms with Crippen molar-refractivity contribution in [3.63, 3.8) is 0 Å². The molecule has 0 heterocycles. The first-order valence-corrected chi connectivity index (χ1v) is 15.2. The van der Waals surface area contributed by atoms with E-state index in [2.05, 4.69) is 87.4 Å². The summed E-state index contributed by atoms with van der Waals surface area (Å²) in [6, 6.07) is 24.0. The summed E-state index contributed by atoms with van der Waals surface area (Å²) >= 11 is 0. The second-order valence-electron chi connectivity index (χ2n) is 14.9. The number of nitrogens with two attached hydrogens (primary N) is 2. The molecule has 0 atom stereocenters. The van der Waals surface area contributed by atoms with Gasteiger partial charge in [0.2, 0.25) is 0 Å². The Hall–Kier alpha value is -3.92. The van der Waals surface area contributed by atoms with E-state index in [4.69, 9.17) is 11.5 Å². The highest BCUT2D eigenvalue weighted by Gasteiger charge is 2.25. The van der Waals surface area contributed by atoms with Gasteiger partial charge in [-0.2, -0.15) is 0 Å². The second kappa shape index (κ2) is 12.8. The Labute approximate surface area is 259 Å². The Kier molecular flexibility index (Phi) is 9.96. The van der Waals surface area contributed by atoms with Crippen LogP contribution in [0.1, 0.15) is 107 Å². The molecule has 4 aromatic carbocycles. The van der Waals surface area contributed by atoms with Crippen LogP contribution >= 0.6 is 0 Å². The van der Waals surface area contributed by atoms with Gasteiger partial charge in [-0.1, -0.05) is 129 Å². The van der Waals surface area contributed by atoms with Gasteiger partial charge in [-0.3, -0.25) is 0 Å². The van der Waals surface area contributed by atoms with E-state index in [0.29, 0.717) is 24.3 Å². The quantitative estimate of drug-likeness (QED) is 0.181. The van der Waals surface area contributed by atoms with Crippen LogP contribution in [0.4, 0.5) is 11.4 Å². The molecule has 230 valence electrons. The van der Waals surface area contributed by atoms with Crippen molar-refractivity contribution in [2.45, 2.75) is 98.3 Å². The first kappa shape index (κ1) is 33.6. The van der Waals surface area contributed by atoms with Crippen LogP contribution in [0.15, 0.2) is 72.8 Å². The molecule has 0 spiro atoms. The number of hydrogen-bond acceptors (Lipinski definition) is 4. The number of phenolic OH excluding ortho intramolecular Hbond substituents is 2. The van der Waals surface area contributed by atoms with Crippen LogP contribution in [0.25, 0.3) is 0 Å². The second-order valence-corrected chi connectivity index (χ2v) is 14.9. The fraction of sp³-hybridized carbons (Fsp3) is 0.385. The molecule has 4 rings (SSSR count). The van der Waals surface area contributed by atoms with Crippen LogP contribution in [0.3, 0.4) is 0 Å². The summed E-state index contributed by atoms with van der Waals surface area (Å²) in [5.41, 5.74) is 21.8. The molecule has 0 saturated carbocycles. The minimum Gasteiger partial charge on any atom is -0.507 e. The molecule has 0 aliphatic carbocycles. The van der Waals surface area contributed by atoms with Gasteiger partial charge < -0.3 is 21.7 Å². The van der Waals surface area contributed by atoms with Gasteiger partial charge in [-0.25, -0.2) is 0 Å². The largest absolute Gasteiger partial charge is 0.507 e. The summed E-state index contributed by atoms with van der Waals surface area (Å²) in [6.07, 6.45) is 1.30. The fourth-order valence-corrected chi connectivity index (χ4v) is 5.20. The Bertz CT molecular complexity index is 1560. The highest BCUT2D eigenvalue weighted by molar-refractivity contribution is 5.55. The maximum Gasteiger partial charge on any atom is 0.122 e. The molecular formula is C39H52N2O2. The Balaban J connectivity index is 0.000000238. The van der Waals surface area contributed by atoms with Gasteiger partial charge in [0.05, 0.1) is 0 Å². The number of anilines is 2. The molecule has 0 radical (unpaired) electrons. The topological polar surface area (TPSA) is 92.5 Å². The lowest BCUT2D eigenvalue weighted by molar-refractivity contribution is 0.439. The minimum absolute atomic E-state index is 0.0324. The average Bonchev–Trinajstić information content (AvgIpc) is 2.88. The summed E-state index contributed by atoms with van der Waals surface area (Å²) in [7, 11) is 0. The van der Waals surface area contributed by atoms with E-state index in [0.717, 1.165) is 50.3 Å². The van der Waals surface area contributed by atoms with E-state index in [1.165, 1.54) is 5.56 Å². The highest BCUT2D eigenvalue weighted by Crippen LogP contribution is 2.39. The molecule has 0 fully saturated rings. The number of aryl methyl sites for hydroxylation is 1. The predicted molar refractivity (Wildman–Crippen MR) is 184 cm³/mol. The zero-order valence-electron chi connectivity index (χ0n) is 27.9. The first-order chi connectivity index (χ1) is 19.8. The summed E-state index contributed by atoms with van der Waals surface area (Å²) in [5, 5.41) is 21.4. The van der Waals surface area contributed by atoms with Crippen molar-refractivity contribution >= 4 is 11.4 Å². The Morgan fingerprint density at radius 2 is 0.907 bits per heavy atom. The number of hydrogen-bond donors (Lipinski definition) is 4. The van der Waals surface area contributed by atoms with Gasteiger partial charge in [0.1, 0.15) is 11.5 Å². The summed E-state index contributed by atoms with van der Waals surface area (Å²) in [5.74, 6) is 0.792.